The lowest BCUT2D eigenvalue weighted by Crippen LogP contribution is -2.29. The van der Waals surface area contributed by atoms with Crippen LogP contribution < -0.4 is 5.32 Å². The number of halogens is 1. The molecule has 0 bridgehead atoms. The summed E-state index contributed by atoms with van der Waals surface area (Å²) in [5.74, 6) is 0.620. The molecule has 134 valence electrons. The molecule has 0 aliphatic rings. The van der Waals surface area contributed by atoms with E-state index in [1.165, 1.54) is 0 Å². The highest BCUT2D eigenvalue weighted by Gasteiger charge is 2.12. The number of anilines is 1. The Morgan fingerprint density at radius 1 is 1.15 bits per heavy atom. The van der Waals surface area contributed by atoms with Crippen LogP contribution in [0.3, 0.4) is 0 Å². The van der Waals surface area contributed by atoms with E-state index in [1.54, 1.807) is 0 Å². The maximum absolute atomic E-state index is 12.1. The molecular weight excluding hydrogens is 350 g/mol. The molecule has 0 aliphatic heterocycles. The van der Waals surface area contributed by atoms with Gasteiger partial charge in [0.15, 0.2) is 5.76 Å². The second kappa shape index (κ2) is 8.17. The molecule has 2 aromatic carbocycles. The van der Waals surface area contributed by atoms with Gasteiger partial charge < -0.3 is 9.84 Å². The zero-order chi connectivity index (χ0) is 18.5. The molecule has 0 unspecified atom stereocenters. The Bertz CT molecular complexity index is 873. The Labute approximate surface area is 157 Å². The normalized spacial score (nSPS) is 10.9. The molecule has 0 saturated carbocycles. The summed E-state index contributed by atoms with van der Waals surface area (Å²) < 4.78 is 5.38. The van der Waals surface area contributed by atoms with Crippen molar-refractivity contribution in [3.05, 3.63) is 70.9 Å². The number of benzene rings is 2. The minimum atomic E-state index is -0.0752. The van der Waals surface area contributed by atoms with Gasteiger partial charge in [0.2, 0.25) is 5.91 Å². The monoisotopic (exact) mass is 369 g/mol. The van der Waals surface area contributed by atoms with Crippen molar-refractivity contribution in [1.82, 2.24) is 10.1 Å². The first kappa shape index (κ1) is 18.2. The lowest BCUT2D eigenvalue weighted by molar-refractivity contribution is -0.117. The zero-order valence-electron chi connectivity index (χ0n) is 14.7. The molecule has 0 radical (unpaired) electrons. The molecule has 26 heavy (non-hydrogen) atoms. The summed E-state index contributed by atoms with van der Waals surface area (Å²) >= 11 is 5.90. The Balaban J connectivity index is 1.54. The van der Waals surface area contributed by atoms with E-state index >= 15 is 0 Å². The van der Waals surface area contributed by atoms with Gasteiger partial charge in [-0.25, -0.2) is 0 Å². The molecule has 3 rings (SSSR count). The number of likely N-dealkylation sites (N-methyl/N-ethyl adjacent to an activating group) is 1. The first-order chi connectivity index (χ1) is 12.5. The number of carbonyl (C=O) groups excluding carboxylic acids is 1. The third-order valence-corrected chi connectivity index (χ3v) is 4.13. The smallest absolute Gasteiger partial charge is 0.238 e. The molecule has 0 spiro atoms. The second-order valence-corrected chi connectivity index (χ2v) is 6.71. The lowest BCUT2D eigenvalue weighted by atomic mass is 10.1. The van der Waals surface area contributed by atoms with Gasteiger partial charge in [-0.1, -0.05) is 46.6 Å². The summed E-state index contributed by atoms with van der Waals surface area (Å²) in [6.45, 7) is 2.75. The summed E-state index contributed by atoms with van der Waals surface area (Å²) in [6, 6.07) is 17.0. The summed E-state index contributed by atoms with van der Waals surface area (Å²) in [4.78, 5) is 14.0. The van der Waals surface area contributed by atoms with Gasteiger partial charge in [-0.05, 0) is 38.2 Å². The van der Waals surface area contributed by atoms with E-state index in [4.69, 9.17) is 16.1 Å². The number of rotatable bonds is 6. The summed E-state index contributed by atoms with van der Waals surface area (Å²) in [5.41, 5.74) is 3.62. The van der Waals surface area contributed by atoms with Crippen molar-refractivity contribution >= 4 is 23.2 Å². The maximum atomic E-state index is 12.1. The van der Waals surface area contributed by atoms with Gasteiger partial charge in [-0.3, -0.25) is 9.69 Å². The second-order valence-electron chi connectivity index (χ2n) is 6.27. The molecule has 3 aromatic rings. The highest BCUT2D eigenvalue weighted by molar-refractivity contribution is 6.30. The molecule has 6 heteroatoms. The maximum Gasteiger partial charge on any atom is 0.238 e. The fourth-order valence-electron chi connectivity index (χ4n) is 2.55. The minimum Gasteiger partial charge on any atom is -0.359 e. The molecule has 5 nitrogen and oxygen atoms in total. The van der Waals surface area contributed by atoms with E-state index in [0.29, 0.717) is 17.3 Å². The minimum absolute atomic E-state index is 0.0752. The number of aromatic nitrogens is 1. The van der Waals surface area contributed by atoms with Crippen molar-refractivity contribution < 1.29 is 9.32 Å². The molecule has 0 fully saturated rings. The predicted molar refractivity (Wildman–Crippen MR) is 103 cm³/mol. The van der Waals surface area contributed by atoms with Gasteiger partial charge in [-0.15, -0.1) is 0 Å². The Morgan fingerprint density at radius 3 is 2.54 bits per heavy atom. The summed E-state index contributed by atoms with van der Waals surface area (Å²) in [6.07, 6.45) is 0. The molecule has 1 heterocycles. The number of aryl methyl sites for hydroxylation is 1. The standard InChI is InChI=1S/C20H20ClN3O2/c1-14-3-9-17(10-4-14)22-20(25)13-24(2)12-18-11-19(23-26-18)15-5-7-16(21)8-6-15/h3-11H,12-13H2,1-2H3,(H,22,25). The highest BCUT2D eigenvalue weighted by Crippen LogP contribution is 2.21. The van der Waals surface area contributed by atoms with Gasteiger partial charge in [-0.2, -0.15) is 0 Å². The van der Waals surface area contributed by atoms with Gasteiger partial charge in [0.1, 0.15) is 5.69 Å². The summed E-state index contributed by atoms with van der Waals surface area (Å²) in [7, 11) is 1.86. The zero-order valence-corrected chi connectivity index (χ0v) is 15.5. The Kier molecular flexibility index (Phi) is 5.71. The SMILES string of the molecule is Cc1ccc(NC(=O)CN(C)Cc2cc(-c3ccc(Cl)cc3)no2)cc1. The van der Waals surface area contributed by atoms with Crippen molar-refractivity contribution in [2.24, 2.45) is 0 Å². The van der Waals surface area contributed by atoms with Crippen molar-refractivity contribution in [2.75, 3.05) is 18.9 Å². The van der Waals surface area contributed by atoms with Crippen molar-refractivity contribution in [3.63, 3.8) is 0 Å². The molecule has 0 aliphatic carbocycles. The van der Waals surface area contributed by atoms with Crippen LogP contribution in [0.1, 0.15) is 11.3 Å². The van der Waals surface area contributed by atoms with Crippen molar-refractivity contribution in [2.45, 2.75) is 13.5 Å². The van der Waals surface area contributed by atoms with Gasteiger partial charge in [0.05, 0.1) is 13.1 Å². The average Bonchev–Trinajstić information content (AvgIpc) is 3.05. The predicted octanol–water partition coefficient (Wildman–Crippen LogP) is 4.37. The number of nitrogens with one attached hydrogen (secondary N) is 1. The first-order valence-corrected chi connectivity index (χ1v) is 8.64. The molecule has 1 amide bonds. The third kappa shape index (κ3) is 4.94. The Morgan fingerprint density at radius 2 is 1.85 bits per heavy atom. The first-order valence-electron chi connectivity index (χ1n) is 8.26. The van der Waals surface area contributed by atoms with Crippen LogP contribution in [0.5, 0.6) is 0 Å². The molecule has 0 saturated heterocycles. The van der Waals surface area contributed by atoms with Crippen LogP contribution in [0.15, 0.2) is 59.1 Å². The van der Waals surface area contributed by atoms with E-state index in [0.717, 1.165) is 22.5 Å². The molecule has 1 N–H and O–H groups in total. The van der Waals surface area contributed by atoms with Gasteiger partial charge >= 0.3 is 0 Å². The number of hydrogen-bond donors (Lipinski definition) is 1. The van der Waals surface area contributed by atoms with E-state index < -0.39 is 0 Å². The quantitative estimate of drug-likeness (QED) is 0.700. The van der Waals surface area contributed by atoms with Crippen LogP contribution >= 0.6 is 11.6 Å². The number of hydrogen-bond acceptors (Lipinski definition) is 4. The fourth-order valence-corrected chi connectivity index (χ4v) is 2.67. The fraction of sp³-hybridized carbons (Fsp3) is 0.200. The van der Waals surface area contributed by atoms with E-state index in [9.17, 15) is 4.79 Å². The molecular formula is C20H20ClN3O2. The van der Waals surface area contributed by atoms with Crippen molar-refractivity contribution in [1.29, 1.82) is 0 Å². The van der Waals surface area contributed by atoms with Gasteiger partial charge in [0, 0.05) is 22.3 Å². The largest absolute Gasteiger partial charge is 0.359 e. The summed E-state index contributed by atoms with van der Waals surface area (Å²) in [5, 5.41) is 7.64. The van der Waals surface area contributed by atoms with Gasteiger partial charge in [0.25, 0.3) is 0 Å². The number of amides is 1. The molecule has 0 atom stereocenters. The third-order valence-electron chi connectivity index (χ3n) is 3.87. The topological polar surface area (TPSA) is 58.4 Å². The Hall–Kier alpha value is -2.63. The van der Waals surface area contributed by atoms with E-state index in [2.05, 4.69) is 10.5 Å². The highest BCUT2D eigenvalue weighted by atomic mass is 35.5. The molecule has 1 aromatic heterocycles. The van der Waals surface area contributed by atoms with Crippen LogP contribution in [-0.4, -0.2) is 29.6 Å². The van der Waals surface area contributed by atoms with Crippen LogP contribution in [0, 0.1) is 6.92 Å². The van der Waals surface area contributed by atoms with Crippen LogP contribution in [0.2, 0.25) is 5.02 Å². The number of nitrogens with zero attached hydrogens (tertiary/aromatic N) is 2. The lowest BCUT2D eigenvalue weighted by Gasteiger charge is -2.14. The average molecular weight is 370 g/mol. The van der Waals surface area contributed by atoms with Crippen LogP contribution in [0.25, 0.3) is 11.3 Å². The van der Waals surface area contributed by atoms with Crippen LogP contribution in [0.4, 0.5) is 5.69 Å². The van der Waals surface area contributed by atoms with Crippen LogP contribution in [-0.2, 0) is 11.3 Å². The van der Waals surface area contributed by atoms with E-state index in [-0.39, 0.29) is 12.5 Å². The number of carbonyl (C=O) groups is 1. The van der Waals surface area contributed by atoms with E-state index in [1.807, 2.05) is 73.5 Å². The van der Waals surface area contributed by atoms with Crippen molar-refractivity contribution in [3.8, 4) is 11.3 Å².